The summed E-state index contributed by atoms with van der Waals surface area (Å²) in [6.07, 6.45) is 2.45. The van der Waals surface area contributed by atoms with E-state index in [1.54, 1.807) is 0 Å². The van der Waals surface area contributed by atoms with Gasteiger partial charge < -0.3 is 4.90 Å². The minimum absolute atomic E-state index is 0.192. The fourth-order valence-electron chi connectivity index (χ4n) is 9.07. The third kappa shape index (κ3) is 6.52. The molecule has 0 saturated carbocycles. The lowest BCUT2D eigenvalue weighted by atomic mass is 9.63. The molecule has 0 fully saturated rings. The number of benzene rings is 8. The van der Waals surface area contributed by atoms with E-state index < -0.39 is 0 Å². The van der Waals surface area contributed by atoms with Gasteiger partial charge in [0.2, 0.25) is 0 Å². The van der Waals surface area contributed by atoms with Crippen LogP contribution in [0.5, 0.6) is 0 Å². The first-order valence-corrected chi connectivity index (χ1v) is 21.4. The molecule has 1 aliphatic rings. The number of hydrogen-bond donors (Lipinski definition) is 0. The summed E-state index contributed by atoms with van der Waals surface area (Å²) in [5.41, 5.74) is 16.4. The van der Waals surface area contributed by atoms with Crippen molar-refractivity contribution < 1.29 is 0 Å². The van der Waals surface area contributed by atoms with Gasteiger partial charge in [0.25, 0.3) is 0 Å². The van der Waals surface area contributed by atoms with E-state index in [1.165, 1.54) is 88.6 Å². The van der Waals surface area contributed by atoms with Crippen molar-refractivity contribution in [2.45, 2.75) is 51.4 Å². The van der Waals surface area contributed by atoms with Crippen molar-refractivity contribution >= 4 is 48.6 Å². The SMILES string of the molecule is CC1(C)CCC(C)(C)c2cc3c(cc21)sc1cc(-c2ccc(N(c4ccc(-c5ccccc5)cc4)c4cc(-c5ccccc5)ccc4-c4ccccc4)cc2)ccc13. The highest BCUT2D eigenvalue weighted by atomic mass is 32.1. The van der Waals surface area contributed by atoms with E-state index in [4.69, 9.17) is 0 Å². The topological polar surface area (TPSA) is 3.24 Å². The van der Waals surface area contributed by atoms with E-state index in [0.717, 1.165) is 17.1 Å². The smallest absolute Gasteiger partial charge is 0.0546 e. The second-order valence-electron chi connectivity index (χ2n) is 17.2. The molecule has 1 aliphatic carbocycles. The predicted molar refractivity (Wildman–Crippen MR) is 251 cm³/mol. The van der Waals surface area contributed by atoms with Crippen LogP contribution in [0.15, 0.2) is 188 Å². The summed E-state index contributed by atoms with van der Waals surface area (Å²) >= 11 is 1.94. The molecule has 0 spiro atoms. The molecular formula is C56H47NS. The van der Waals surface area contributed by atoms with Crippen LogP contribution in [-0.4, -0.2) is 0 Å². The summed E-state index contributed by atoms with van der Waals surface area (Å²) in [6, 6.07) is 69.3. The fourth-order valence-corrected chi connectivity index (χ4v) is 10.2. The van der Waals surface area contributed by atoms with Crippen LogP contribution in [0, 0.1) is 0 Å². The van der Waals surface area contributed by atoms with Gasteiger partial charge in [-0.2, -0.15) is 0 Å². The van der Waals surface area contributed by atoms with E-state index >= 15 is 0 Å². The normalized spacial score (nSPS) is 14.3. The maximum atomic E-state index is 2.52. The van der Waals surface area contributed by atoms with Crippen LogP contribution < -0.4 is 4.90 Å². The molecule has 0 radical (unpaired) electrons. The van der Waals surface area contributed by atoms with Gasteiger partial charge in [0.15, 0.2) is 0 Å². The van der Waals surface area contributed by atoms with Gasteiger partial charge in [-0.1, -0.05) is 167 Å². The number of nitrogens with zero attached hydrogens (tertiary/aromatic N) is 1. The summed E-state index contributed by atoms with van der Waals surface area (Å²) in [6.45, 7) is 9.69. The van der Waals surface area contributed by atoms with E-state index in [9.17, 15) is 0 Å². The van der Waals surface area contributed by atoms with Gasteiger partial charge in [-0.05, 0) is 122 Å². The highest BCUT2D eigenvalue weighted by molar-refractivity contribution is 7.25. The minimum Gasteiger partial charge on any atom is -0.310 e. The van der Waals surface area contributed by atoms with E-state index in [0.29, 0.717) is 0 Å². The number of fused-ring (bicyclic) bond motifs is 4. The van der Waals surface area contributed by atoms with Crippen molar-refractivity contribution in [1.82, 2.24) is 0 Å². The van der Waals surface area contributed by atoms with Crippen molar-refractivity contribution in [2.24, 2.45) is 0 Å². The van der Waals surface area contributed by atoms with Gasteiger partial charge in [-0.25, -0.2) is 0 Å². The van der Waals surface area contributed by atoms with Gasteiger partial charge in [0.1, 0.15) is 0 Å². The summed E-state index contributed by atoms with van der Waals surface area (Å²) in [7, 11) is 0. The second kappa shape index (κ2) is 14.3. The largest absolute Gasteiger partial charge is 0.310 e. The third-order valence-corrected chi connectivity index (χ3v) is 13.7. The van der Waals surface area contributed by atoms with Crippen LogP contribution >= 0.6 is 11.3 Å². The Morgan fingerprint density at radius 1 is 0.379 bits per heavy atom. The number of rotatable bonds is 7. The molecule has 58 heavy (non-hydrogen) atoms. The first-order valence-electron chi connectivity index (χ1n) is 20.5. The molecule has 1 heterocycles. The molecule has 0 atom stereocenters. The molecular weight excluding hydrogens is 719 g/mol. The molecule has 0 saturated heterocycles. The zero-order valence-electron chi connectivity index (χ0n) is 33.7. The first-order chi connectivity index (χ1) is 28.2. The highest BCUT2D eigenvalue weighted by Gasteiger charge is 2.37. The lowest BCUT2D eigenvalue weighted by Gasteiger charge is -2.41. The standard InChI is InChI=1S/C56H47NS/c1-55(2)32-33-56(3,4)51-37-54-49(36-50(51)55)48-31-25-44(35-53(48)58-54)41-22-28-46(29-23-41)57(45-26-20-40(21-27-45)38-14-8-5-9-15-38)52-34-43(39-16-10-6-11-17-39)24-30-47(52)42-18-12-7-13-19-42/h5-31,34-37H,32-33H2,1-4H3. The zero-order chi connectivity index (χ0) is 39.4. The number of anilines is 3. The molecule has 0 N–H and O–H groups in total. The first kappa shape index (κ1) is 36.1. The van der Waals surface area contributed by atoms with Crippen LogP contribution in [-0.2, 0) is 10.8 Å². The van der Waals surface area contributed by atoms with Crippen LogP contribution in [0.3, 0.4) is 0 Å². The second-order valence-corrected chi connectivity index (χ2v) is 18.3. The Morgan fingerprint density at radius 3 is 1.40 bits per heavy atom. The summed E-state index contributed by atoms with van der Waals surface area (Å²) in [4.78, 5) is 2.42. The Kier molecular flexibility index (Phi) is 8.92. The van der Waals surface area contributed by atoms with Gasteiger partial charge in [0, 0.05) is 37.1 Å². The van der Waals surface area contributed by atoms with Crippen LogP contribution in [0.25, 0.3) is 64.7 Å². The highest BCUT2D eigenvalue weighted by Crippen LogP contribution is 2.50. The average molecular weight is 766 g/mol. The van der Waals surface area contributed by atoms with Crippen LogP contribution in [0.4, 0.5) is 17.1 Å². The third-order valence-electron chi connectivity index (χ3n) is 12.6. The molecule has 0 aliphatic heterocycles. The molecule has 1 nitrogen and oxygen atoms in total. The molecule has 2 heteroatoms. The predicted octanol–water partition coefficient (Wildman–Crippen LogP) is 16.5. The fraction of sp³-hybridized carbons (Fsp3) is 0.143. The Morgan fingerprint density at radius 2 is 0.810 bits per heavy atom. The molecule has 0 unspecified atom stereocenters. The maximum absolute atomic E-state index is 2.52. The maximum Gasteiger partial charge on any atom is 0.0546 e. The minimum atomic E-state index is 0.192. The Labute approximate surface area is 346 Å². The summed E-state index contributed by atoms with van der Waals surface area (Å²) < 4.78 is 2.74. The van der Waals surface area contributed by atoms with Gasteiger partial charge >= 0.3 is 0 Å². The van der Waals surface area contributed by atoms with E-state index in [-0.39, 0.29) is 10.8 Å². The summed E-state index contributed by atoms with van der Waals surface area (Å²) in [5.74, 6) is 0. The number of hydrogen-bond acceptors (Lipinski definition) is 2. The number of thiophene rings is 1. The molecule has 1 aromatic heterocycles. The lowest BCUT2D eigenvalue weighted by Crippen LogP contribution is -2.33. The van der Waals surface area contributed by atoms with Crippen molar-refractivity contribution in [1.29, 1.82) is 0 Å². The molecule has 8 aromatic carbocycles. The van der Waals surface area contributed by atoms with Crippen LogP contribution in [0.1, 0.15) is 51.7 Å². The van der Waals surface area contributed by atoms with Crippen LogP contribution in [0.2, 0.25) is 0 Å². The van der Waals surface area contributed by atoms with Gasteiger partial charge in [-0.15, -0.1) is 11.3 Å². The molecule has 282 valence electrons. The average Bonchev–Trinajstić information content (AvgIpc) is 3.63. The van der Waals surface area contributed by atoms with Gasteiger partial charge in [0.05, 0.1) is 5.69 Å². The Balaban J connectivity index is 1.08. The van der Waals surface area contributed by atoms with Crippen molar-refractivity contribution in [3.05, 3.63) is 199 Å². The monoisotopic (exact) mass is 765 g/mol. The van der Waals surface area contributed by atoms with E-state index in [1.807, 2.05) is 11.3 Å². The summed E-state index contributed by atoms with van der Waals surface area (Å²) in [5, 5.41) is 2.76. The van der Waals surface area contributed by atoms with E-state index in [2.05, 4.69) is 221 Å². The van der Waals surface area contributed by atoms with Gasteiger partial charge in [-0.3, -0.25) is 0 Å². The van der Waals surface area contributed by atoms with Crippen molar-refractivity contribution in [2.75, 3.05) is 4.90 Å². The Hall–Kier alpha value is -6.22. The zero-order valence-corrected chi connectivity index (χ0v) is 34.5. The Bertz CT molecular complexity index is 2900. The molecule has 9 aromatic rings. The molecule has 0 amide bonds. The quantitative estimate of drug-likeness (QED) is 0.156. The van der Waals surface area contributed by atoms with Crippen molar-refractivity contribution in [3.63, 3.8) is 0 Å². The molecule has 10 rings (SSSR count). The lowest BCUT2D eigenvalue weighted by molar-refractivity contribution is 0.332. The molecule has 0 bridgehead atoms. The van der Waals surface area contributed by atoms with Crippen molar-refractivity contribution in [3.8, 4) is 44.5 Å².